The molecule has 6 nitrogen and oxygen atoms in total. The Kier molecular flexibility index (Phi) is 11.6. The summed E-state index contributed by atoms with van der Waals surface area (Å²) in [6.45, 7) is 4.18. The maximum absolute atomic E-state index is 13.5. The summed E-state index contributed by atoms with van der Waals surface area (Å²) in [5, 5.41) is 4.44. The fourth-order valence-electron chi connectivity index (χ4n) is 6.84. The van der Waals surface area contributed by atoms with Crippen molar-refractivity contribution in [3.8, 4) is 0 Å². The molecule has 44 heavy (non-hydrogen) atoms. The van der Waals surface area contributed by atoms with Crippen molar-refractivity contribution >= 4 is 47.5 Å². The minimum atomic E-state index is -0.373. The monoisotopic (exact) mass is 656 g/mol. The molecule has 0 bridgehead atoms. The van der Waals surface area contributed by atoms with E-state index in [1.807, 2.05) is 65.6 Å². The zero-order valence-corrected chi connectivity index (χ0v) is 27.9. The third-order valence-corrected chi connectivity index (χ3v) is 10.1. The van der Waals surface area contributed by atoms with E-state index in [0.29, 0.717) is 16.6 Å². The van der Waals surface area contributed by atoms with Crippen molar-refractivity contribution in [3.05, 3.63) is 106 Å². The molecule has 0 aromatic heterocycles. The van der Waals surface area contributed by atoms with Crippen LogP contribution in [0.5, 0.6) is 0 Å². The van der Waals surface area contributed by atoms with Gasteiger partial charge in [0.1, 0.15) is 0 Å². The lowest BCUT2D eigenvalue weighted by Crippen LogP contribution is -2.55. The summed E-state index contributed by atoms with van der Waals surface area (Å²) in [6, 6.07) is 25.8. The molecule has 9 heteroatoms. The van der Waals surface area contributed by atoms with Crippen LogP contribution in [-0.4, -0.2) is 73.5 Å². The van der Waals surface area contributed by atoms with Crippen LogP contribution in [0.25, 0.3) is 0 Å². The molecule has 236 valence electrons. The highest BCUT2D eigenvalue weighted by molar-refractivity contribution is 6.42. The molecule has 2 aliphatic rings. The Bertz CT molecular complexity index is 1400. The molecular formula is C35H43Cl3N4O2. The number of hydrogen-bond donors (Lipinski definition) is 1. The van der Waals surface area contributed by atoms with Crippen molar-refractivity contribution in [3.63, 3.8) is 0 Å². The Morgan fingerprint density at radius 2 is 1.50 bits per heavy atom. The van der Waals surface area contributed by atoms with Gasteiger partial charge in [0.2, 0.25) is 0 Å². The van der Waals surface area contributed by atoms with Crippen LogP contribution in [0, 0.1) is 0 Å². The lowest BCUT2D eigenvalue weighted by molar-refractivity contribution is 0.0616. The van der Waals surface area contributed by atoms with Gasteiger partial charge in [-0.3, -0.25) is 4.79 Å². The van der Waals surface area contributed by atoms with Crippen LogP contribution in [0.15, 0.2) is 78.9 Å². The number of benzene rings is 3. The van der Waals surface area contributed by atoms with E-state index in [0.717, 1.165) is 81.4 Å². The van der Waals surface area contributed by atoms with Gasteiger partial charge in [-0.2, -0.15) is 0 Å². The average molecular weight is 658 g/mol. The van der Waals surface area contributed by atoms with Gasteiger partial charge in [0, 0.05) is 51.3 Å². The Labute approximate surface area is 278 Å². The minimum absolute atomic E-state index is 0. The number of piperidine rings is 2. The fraction of sp³-hybridized carbons (Fsp3) is 0.429. The molecule has 3 aromatic carbocycles. The van der Waals surface area contributed by atoms with Gasteiger partial charge in [0.05, 0.1) is 15.6 Å². The van der Waals surface area contributed by atoms with E-state index in [2.05, 4.69) is 28.4 Å². The van der Waals surface area contributed by atoms with E-state index in [-0.39, 0.29) is 35.3 Å². The number of hydrogen-bond acceptors (Lipinski definition) is 3. The molecule has 1 N–H and O–H groups in total. The van der Waals surface area contributed by atoms with Gasteiger partial charge >= 0.3 is 6.03 Å². The van der Waals surface area contributed by atoms with Crippen LogP contribution in [0.3, 0.4) is 0 Å². The van der Waals surface area contributed by atoms with Gasteiger partial charge in [-0.15, -0.1) is 12.4 Å². The molecule has 2 fully saturated rings. The molecule has 0 aliphatic carbocycles. The summed E-state index contributed by atoms with van der Waals surface area (Å²) >= 11 is 12.8. The first-order chi connectivity index (χ1) is 20.7. The van der Waals surface area contributed by atoms with Gasteiger partial charge < -0.3 is 20.0 Å². The second-order valence-corrected chi connectivity index (χ2v) is 13.1. The molecule has 0 radical (unpaired) electrons. The summed E-state index contributed by atoms with van der Waals surface area (Å²) in [6.07, 6.45) is 5.59. The SMILES string of the molecule is CN(C)C(=O)NC1(c2ccccc2)CCN(CCCC2(c3ccc(Cl)c(Cl)c3)CCCN(C(=O)c3ccccc3)C2)CC1.Cl. The number of halogens is 3. The molecule has 0 spiro atoms. The van der Waals surface area contributed by atoms with Gasteiger partial charge in [-0.05, 0) is 80.5 Å². The zero-order chi connectivity index (χ0) is 30.5. The topological polar surface area (TPSA) is 55.9 Å². The Hall–Kier alpha value is -2.77. The Balaban J connectivity index is 0.00000442. The first-order valence-electron chi connectivity index (χ1n) is 15.3. The number of nitrogens with zero attached hydrogens (tertiary/aromatic N) is 3. The largest absolute Gasteiger partial charge is 0.338 e. The number of carbonyl (C=O) groups excluding carboxylic acids is 2. The summed E-state index contributed by atoms with van der Waals surface area (Å²) in [5.74, 6) is 0.0813. The van der Waals surface area contributed by atoms with Gasteiger partial charge in [-0.1, -0.05) is 77.8 Å². The first-order valence-corrected chi connectivity index (χ1v) is 16.0. The lowest BCUT2D eigenvalue weighted by atomic mass is 9.70. The summed E-state index contributed by atoms with van der Waals surface area (Å²) < 4.78 is 0. The number of nitrogens with one attached hydrogen (secondary N) is 1. The van der Waals surface area contributed by atoms with Crippen molar-refractivity contribution in [1.82, 2.24) is 20.0 Å². The predicted octanol–water partition coefficient (Wildman–Crippen LogP) is 7.63. The van der Waals surface area contributed by atoms with E-state index >= 15 is 0 Å². The van der Waals surface area contributed by atoms with Gasteiger partial charge in [0.25, 0.3) is 5.91 Å². The highest BCUT2D eigenvalue weighted by Gasteiger charge is 2.40. The molecule has 2 aliphatic heterocycles. The van der Waals surface area contributed by atoms with Crippen LogP contribution in [0.2, 0.25) is 10.0 Å². The average Bonchev–Trinajstić information content (AvgIpc) is 3.03. The third kappa shape index (κ3) is 7.71. The second kappa shape index (κ2) is 15.0. The third-order valence-electron chi connectivity index (χ3n) is 9.33. The van der Waals surface area contributed by atoms with E-state index in [4.69, 9.17) is 23.2 Å². The summed E-state index contributed by atoms with van der Waals surface area (Å²) in [7, 11) is 3.57. The van der Waals surface area contributed by atoms with Crippen LogP contribution in [0.1, 0.15) is 60.0 Å². The van der Waals surface area contributed by atoms with E-state index < -0.39 is 0 Å². The molecule has 3 amide bonds. The molecule has 5 rings (SSSR count). The Morgan fingerprint density at radius 1 is 0.841 bits per heavy atom. The fourth-order valence-corrected chi connectivity index (χ4v) is 7.14. The highest BCUT2D eigenvalue weighted by atomic mass is 35.5. The number of carbonyl (C=O) groups is 2. The molecule has 2 heterocycles. The number of urea groups is 1. The first kappa shape index (κ1) is 34.1. The van der Waals surface area contributed by atoms with Crippen LogP contribution >= 0.6 is 35.6 Å². The normalized spacial score (nSPS) is 20.0. The van der Waals surface area contributed by atoms with Crippen molar-refractivity contribution in [2.75, 3.05) is 46.8 Å². The zero-order valence-electron chi connectivity index (χ0n) is 25.6. The van der Waals surface area contributed by atoms with Crippen molar-refractivity contribution in [2.45, 2.75) is 49.5 Å². The van der Waals surface area contributed by atoms with Crippen LogP contribution in [0.4, 0.5) is 4.79 Å². The van der Waals surface area contributed by atoms with E-state index in [9.17, 15) is 9.59 Å². The van der Waals surface area contributed by atoms with Gasteiger partial charge in [-0.25, -0.2) is 4.79 Å². The standard InChI is InChI=1S/C35H42Cl2N4O2.ClH/c1-39(2)33(43)38-35(28-13-7-4-8-14-28)19-23-40(24-20-35)21-9-17-34(29-15-16-30(36)31(37)25-29)18-10-22-41(26-34)32(42)27-11-5-3-6-12-27;/h3-8,11-16,25H,9-10,17-24,26H2,1-2H3,(H,38,43);1H. The smallest absolute Gasteiger partial charge is 0.317 e. The van der Waals surface area contributed by atoms with Crippen LogP contribution < -0.4 is 5.32 Å². The minimum Gasteiger partial charge on any atom is -0.338 e. The quantitative estimate of drug-likeness (QED) is 0.271. The predicted molar refractivity (Wildman–Crippen MR) is 182 cm³/mol. The van der Waals surface area contributed by atoms with Gasteiger partial charge in [0.15, 0.2) is 0 Å². The molecule has 0 saturated carbocycles. The molecule has 3 aromatic rings. The maximum Gasteiger partial charge on any atom is 0.317 e. The molecule has 2 saturated heterocycles. The summed E-state index contributed by atoms with van der Waals surface area (Å²) in [5.41, 5.74) is 2.47. The highest BCUT2D eigenvalue weighted by Crippen LogP contribution is 2.41. The van der Waals surface area contributed by atoms with E-state index in [1.54, 1.807) is 19.0 Å². The maximum atomic E-state index is 13.5. The second-order valence-electron chi connectivity index (χ2n) is 12.3. The van der Waals surface area contributed by atoms with Crippen LogP contribution in [-0.2, 0) is 11.0 Å². The molecule has 1 atom stereocenters. The van der Waals surface area contributed by atoms with E-state index in [1.165, 1.54) is 0 Å². The summed E-state index contributed by atoms with van der Waals surface area (Å²) in [4.78, 5) is 32.4. The molecular weight excluding hydrogens is 615 g/mol. The molecule has 1 unspecified atom stereocenters. The number of likely N-dealkylation sites (tertiary alicyclic amines) is 2. The van der Waals surface area contributed by atoms with Crippen molar-refractivity contribution in [2.24, 2.45) is 0 Å². The Morgan fingerprint density at radius 3 is 2.14 bits per heavy atom. The van der Waals surface area contributed by atoms with Crippen molar-refractivity contribution < 1.29 is 9.59 Å². The number of amides is 3. The van der Waals surface area contributed by atoms with Crippen molar-refractivity contribution in [1.29, 1.82) is 0 Å². The number of rotatable bonds is 8. The lowest BCUT2D eigenvalue weighted by Gasteiger charge is -2.45.